The van der Waals surface area contributed by atoms with E-state index in [2.05, 4.69) is 9.44 Å². The minimum absolute atomic E-state index is 0.269. The van der Waals surface area contributed by atoms with Gasteiger partial charge in [-0.25, -0.2) is 0 Å². The Kier molecular flexibility index (Phi) is 4.01. The van der Waals surface area contributed by atoms with Crippen molar-refractivity contribution < 1.29 is 17.9 Å². The molecule has 0 atom stereocenters. The third-order valence-electron chi connectivity index (χ3n) is 2.50. The molecule has 0 aliphatic carbocycles. The van der Waals surface area contributed by atoms with Gasteiger partial charge in [-0.3, -0.25) is 4.72 Å². The molecule has 0 unspecified atom stereocenters. The van der Waals surface area contributed by atoms with E-state index in [1.807, 2.05) is 0 Å². The second-order valence-electron chi connectivity index (χ2n) is 4.04. The first-order valence-corrected chi connectivity index (χ1v) is 7.46. The monoisotopic (exact) mass is 287 g/mol. The van der Waals surface area contributed by atoms with Crippen molar-refractivity contribution >= 4 is 21.6 Å². The van der Waals surface area contributed by atoms with Crippen molar-refractivity contribution in [2.45, 2.75) is 13.3 Å². The summed E-state index contributed by atoms with van der Waals surface area (Å²) in [6, 6.07) is 3.09. The van der Waals surface area contributed by atoms with Gasteiger partial charge in [0.25, 0.3) is 10.2 Å². The molecule has 106 valence electrons. The number of nitrogens with one attached hydrogen (secondary N) is 2. The van der Waals surface area contributed by atoms with Crippen LogP contribution in [0.15, 0.2) is 12.1 Å². The van der Waals surface area contributed by atoms with Gasteiger partial charge >= 0.3 is 0 Å². The molecule has 7 nitrogen and oxygen atoms in total. The number of fused-ring (bicyclic) bond motifs is 1. The maximum absolute atomic E-state index is 11.6. The van der Waals surface area contributed by atoms with Crippen LogP contribution in [0.5, 0.6) is 11.5 Å². The average Bonchev–Trinajstić information content (AvgIpc) is 2.54. The van der Waals surface area contributed by atoms with Crippen LogP contribution in [0.3, 0.4) is 0 Å². The molecule has 1 aliphatic heterocycles. The molecule has 4 N–H and O–H groups in total. The van der Waals surface area contributed by atoms with Crippen LogP contribution in [0.2, 0.25) is 0 Å². The van der Waals surface area contributed by atoms with Gasteiger partial charge in [0.2, 0.25) is 0 Å². The predicted molar refractivity (Wildman–Crippen MR) is 72.7 cm³/mol. The number of anilines is 2. The van der Waals surface area contributed by atoms with Gasteiger partial charge in [-0.1, -0.05) is 6.92 Å². The fourth-order valence-corrected chi connectivity index (χ4v) is 2.60. The van der Waals surface area contributed by atoms with E-state index >= 15 is 0 Å². The molecular formula is C11H17N3O4S. The van der Waals surface area contributed by atoms with Crippen molar-refractivity contribution in [1.82, 2.24) is 4.72 Å². The third kappa shape index (κ3) is 3.42. The second-order valence-corrected chi connectivity index (χ2v) is 5.54. The van der Waals surface area contributed by atoms with Crippen molar-refractivity contribution in [1.29, 1.82) is 0 Å². The zero-order chi connectivity index (χ0) is 13.9. The first kappa shape index (κ1) is 13.8. The summed E-state index contributed by atoms with van der Waals surface area (Å²) in [6.07, 6.45) is 0.771. The highest BCUT2D eigenvalue weighted by Crippen LogP contribution is 2.36. The molecule has 1 aromatic carbocycles. The molecule has 19 heavy (non-hydrogen) atoms. The average molecular weight is 287 g/mol. The Morgan fingerprint density at radius 2 is 1.89 bits per heavy atom. The molecular weight excluding hydrogens is 270 g/mol. The highest BCUT2D eigenvalue weighted by Gasteiger charge is 2.16. The maximum Gasteiger partial charge on any atom is 0.299 e. The Bertz CT molecular complexity index is 559. The molecule has 0 spiro atoms. The molecule has 2 rings (SSSR count). The van der Waals surface area contributed by atoms with E-state index < -0.39 is 10.2 Å². The lowest BCUT2D eigenvalue weighted by Gasteiger charge is -2.14. The van der Waals surface area contributed by atoms with E-state index in [4.69, 9.17) is 15.2 Å². The van der Waals surface area contributed by atoms with E-state index in [1.165, 1.54) is 6.07 Å². The van der Waals surface area contributed by atoms with E-state index in [1.54, 1.807) is 13.0 Å². The number of nitrogens with two attached hydrogens (primary N) is 1. The predicted octanol–water partition coefficient (Wildman–Crippen LogP) is 0.696. The summed E-state index contributed by atoms with van der Waals surface area (Å²) in [6.45, 7) is 3.06. The second kappa shape index (κ2) is 5.54. The molecule has 1 heterocycles. The normalized spacial score (nSPS) is 14.8. The molecule has 0 saturated heterocycles. The topological polar surface area (TPSA) is 103 Å². The Morgan fingerprint density at radius 3 is 2.53 bits per heavy atom. The number of rotatable bonds is 4. The summed E-state index contributed by atoms with van der Waals surface area (Å²) in [4.78, 5) is 0. The zero-order valence-corrected chi connectivity index (χ0v) is 11.4. The van der Waals surface area contributed by atoms with Crippen molar-refractivity contribution in [3.63, 3.8) is 0 Å². The summed E-state index contributed by atoms with van der Waals surface area (Å²) >= 11 is 0. The molecule has 1 aromatic rings. The molecule has 0 saturated carbocycles. The first-order chi connectivity index (χ1) is 9.02. The minimum atomic E-state index is -3.62. The SMILES string of the molecule is CCNS(=O)(=O)Nc1cc2c(cc1N)OCCCO2. The van der Waals surface area contributed by atoms with Gasteiger partial charge in [-0.15, -0.1) is 0 Å². The standard InChI is InChI=1S/C11H17N3O4S/c1-2-13-19(15,16)14-9-7-11-10(6-8(9)12)17-4-3-5-18-11/h6-7,13-14H,2-5,12H2,1H3. The van der Waals surface area contributed by atoms with Gasteiger partial charge in [0.1, 0.15) is 0 Å². The number of hydrogen-bond donors (Lipinski definition) is 3. The number of hydrogen-bond acceptors (Lipinski definition) is 5. The minimum Gasteiger partial charge on any atom is -0.489 e. The molecule has 0 bridgehead atoms. The Hall–Kier alpha value is -1.67. The van der Waals surface area contributed by atoms with Gasteiger partial charge in [0, 0.05) is 25.1 Å². The fourth-order valence-electron chi connectivity index (χ4n) is 1.68. The van der Waals surface area contributed by atoms with E-state index in [0.29, 0.717) is 31.3 Å². The highest BCUT2D eigenvalue weighted by molar-refractivity contribution is 7.90. The number of nitrogen functional groups attached to an aromatic ring is 1. The van der Waals surface area contributed by atoms with Gasteiger partial charge in [0.15, 0.2) is 11.5 Å². The summed E-state index contributed by atoms with van der Waals surface area (Å²) in [7, 11) is -3.62. The Morgan fingerprint density at radius 1 is 1.26 bits per heavy atom. The quantitative estimate of drug-likeness (QED) is 0.707. The Labute approximate surface area is 112 Å². The van der Waals surface area contributed by atoms with Gasteiger partial charge in [-0.05, 0) is 0 Å². The summed E-state index contributed by atoms with van der Waals surface area (Å²) in [5.41, 5.74) is 6.36. The van der Waals surface area contributed by atoms with E-state index in [-0.39, 0.29) is 11.4 Å². The van der Waals surface area contributed by atoms with Crippen LogP contribution in [0.4, 0.5) is 11.4 Å². The van der Waals surface area contributed by atoms with Crippen LogP contribution in [-0.2, 0) is 10.2 Å². The van der Waals surface area contributed by atoms with Crippen LogP contribution in [0.1, 0.15) is 13.3 Å². The van der Waals surface area contributed by atoms with Crippen molar-refractivity contribution in [3.05, 3.63) is 12.1 Å². The van der Waals surface area contributed by atoms with Crippen molar-refractivity contribution in [2.75, 3.05) is 30.2 Å². The highest BCUT2D eigenvalue weighted by atomic mass is 32.2. The van der Waals surface area contributed by atoms with Crippen LogP contribution in [0, 0.1) is 0 Å². The van der Waals surface area contributed by atoms with Crippen LogP contribution >= 0.6 is 0 Å². The van der Waals surface area contributed by atoms with Crippen molar-refractivity contribution in [3.8, 4) is 11.5 Å². The largest absolute Gasteiger partial charge is 0.489 e. The lowest BCUT2D eigenvalue weighted by Crippen LogP contribution is -2.30. The van der Waals surface area contributed by atoms with Crippen molar-refractivity contribution in [2.24, 2.45) is 0 Å². The molecule has 0 amide bonds. The first-order valence-electron chi connectivity index (χ1n) is 5.98. The Balaban J connectivity index is 2.29. The summed E-state index contributed by atoms with van der Waals surface area (Å²) in [5, 5.41) is 0. The number of ether oxygens (including phenoxy) is 2. The van der Waals surface area contributed by atoms with Crippen LogP contribution in [0.25, 0.3) is 0 Å². The number of benzene rings is 1. The maximum atomic E-state index is 11.6. The molecule has 1 aliphatic rings. The van der Waals surface area contributed by atoms with Gasteiger partial charge < -0.3 is 15.2 Å². The fraction of sp³-hybridized carbons (Fsp3) is 0.455. The van der Waals surface area contributed by atoms with Gasteiger partial charge in [0.05, 0.1) is 24.6 Å². The third-order valence-corrected chi connectivity index (χ3v) is 3.66. The van der Waals surface area contributed by atoms with E-state index in [0.717, 1.165) is 6.42 Å². The molecule has 0 fully saturated rings. The van der Waals surface area contributed by atoms with E-state index in [9.17, 15) is 8.42 Å². The lowest BCUT2D eigenvalue weighted by molar-refractivity contribution is 0.297. The van der Waals surface area contributed by atoms with Crippen LogP contribution in [-0.4, -0.2) is 28.2 Å². The summed E-state index contributed by atoms with van der Waals surface area (Å²) in [5.74, 6) is 1.02. The van der Waals surface area contributed by atoms with Crippen LogP contribution < -0.4 is 24.7 Å². The molecule has 0 aromatic heterocycles. The van der Waals surface area contributed by atoms with Gasteiger partial charge in [-0.2, -0.15) is 13.1 Å². The molecule has 8 heteroatoms. The lowest BCUT2D eigenvalue weighted by atomic mass is 10.2. The zero-order valence-electron chi connectivity index (χ0n) is 10.6. The summed E-state index contributed by atoms with van der Waals surface area (Å²) < 4.78 is 38.9. The molecule has 0 radical (unpaired) electrons. The smallest absolute Gasteiger partial charge is 0.299 e.